The van der Waals surface area contributed by atoms with E-state index in [9.17, 15) is 20.4 Å². The second-order valence-electron chi connectivity index (χ2n) is 8.28. The van der Waals surface area contributed by atoms with E-state index in [1.807, 2.05) is 41.5 Å². The van der Waals surface area contributed by atoms with Gasteiger partial charge < -0.3 is 20.4 Å². The Morgan fingerprint density at radius 2 is 0.833 bits per heavy atom. The smallest absolute Gasteiger partial charge is 0.161 e. The van der Waals surface area contributed by atoms with Gasteiger partial charge in [0.25, 0.3) is 0 Å². The molecular weight excluding hydrogens is 304 g/mol. The molecule has 0 aromatic heterocycles. The van der Waals surface area contributed by atoms with Crippen LogP contribution in [0, 0.1) is 0 Å². The highest BCUT2D eigenvalue weighted by Crippen LogP contribution is 2.44. The van der Waals surface area contributed by atoms with Gasteiger partial charge in [-0.1, -0.05) is 41.5 Å². The van der Waals surface area contributed by atoms with Gasteiger partial charge in [0, 0.05) is 11.1 Å². The minimum Gasteiger partial charge on any atom is -0.504 e. The van der Waals surface area contributed by atoms with E-state index in [1.165, 1.54) is 12.1 Å². The number of phenols is 4. The number of aromatic hydroxyl groups is 4. The monoisotopic (exact) mass is 330 g/mol. The van der Waals surface area contributed by atoms with Crippen molar-refractivity contribution in [1.29, 1.82) is 0 Å². The molecule has 0 bridgehead atoms. The van der Waals surface area contributed by atoms with Crippen molar-refractivity contribution in [3.8, 4) is 34.1 Å². The number of hydrogen-bond donors (Lipinski definition) is 4. The highest BCUT2D eigenvalue weighted by atomic mass is 16.3. The second kappa shape index (κ2) is 5.62. The van der Waals surface area contributed by atoms with E-state index in [1.54, 1.807) is 12.1 Å². The molecule has 2 rings (SSSR count). The van der Waals surface area contributed by atoms with Gasteiger partial charge in [-0.05, 0) is 46.2 Å². The molecule has 24 heavy (non-hydrogen) atoms. The third-order valence-corrected chi connectivity index (χ3v) is 4.13. The average Bonchev–Trinajstić information content (AvgIpc) is 2.41. The van der Waals surface area contributed by atoms with Crippen molar-refractivity contribution in [1.82, 2.24) is 0 Å². The normalized spacial score (nSPS) is 12.4. The molecule has 0 aliphatic heterocycles. The Morgan fingerprint density at radius 3 is 1.08 bits per heavy atom. The van der Waals surface area contributed by atoms with Crippen molar-refractivity contribution in [2.75, 3.05) is 0 Å². The lowest BCUT2D eigenvalue weighted by atomic mass is 9.82. The summed E-state index contributed by atoms with van der Waals surface area (Å²) in [6, 6.07) is 6.52. The van der Waals surface area contributed by atoms with E-state index in [2.05, 4.69) is 0 Å². The molecular formula is C20H26O4. The van der Waals surface area contributed by atoms with E-state index >= 15 is 0 Å². The zero-order valence-corrected chi connectivity index (χ0v) is 15.1. The van der Waals surface area contributed by atoms with Crippen molar-refractivity contribution in [2.24, 2.45) is 0 Å². The van der Waals surface area contributed by atoms with Gasteiger partial charge in [0.05, 0.1) is 0 Å². The lowest BCUT2D eigenvalue weighted by molar-refractivity contribution is 0.388. The van der Waals surface area contributed by atoms with Gasteiger partial charge >= 0.3 is 0 Å². The van der Waals surface area contributed by atoms with Crippen LogP contribution < -0.4 is 0 Å². The minimum absolute atomic E-state index is 0.134. The lowest BCUT2D eigenvalue weighted by Crippen LogP contribution is -2.12. The molecule has 0 aliphatic rings. The quantitative estimate of drug-likeness (QED) is 0.568. The van der Waals surface area contributed by atoms with Crippen molar-refractivity contribution < 1.29 is 20.4 Å². The lowest BCUT2D eigenvalue weighted by Gasteiger charge is -2.24. The summed E-state index contributed by atoms with van der Waals surface area (Å²) in [5, 5.41) is 40.5. The topological polar surface area (TPSA) is 80.9 Å². The average molecular weight is 330 g/mol. The standard InChI is InChI=1S/C20H26O4/c1-19(2,3)13-7-11(9-15(21)17(13)23)12-8-14(20(4,5)6)18(24)16(22)10-12/h7-10,21-24H,1-6H3. The molecule has 0 fully saturated rings. The summed E-state index contributed by atoms with van der Waals surface area (Å²) in [4.78, 5) is 0. The van der Waals surface area contributed by atoms with Crippen LogP contribution in [0.3, 0.4) is 0 Å². The Morgan fingerprint density at radius 1 is 0.542 bits per heavy atom. The maximum atomic E-state index is 10.1. The fourth-order valence-electron chi connectivity index (χ4n) is 2.72. The molecule has 4 nitrogen and oxygen atoms in total. The van der Waals surface area contributed by atoms with Gasteiger partial charge in [-0.15, -0.1) is 0 Å². The van der Waals surface area contributed by atoms with Crippen LogP contribution in [0.2, 0.25) is 0 Å². The number of benzene rings is 2. The van der Waals surface area contributed by atoms with Crippen LogP contribution in [0.25, 0.3) is 11.1 Å². The molecule has 0 saturated carbocycles. The fourth-order valence-corrected chi connectivity index (χ4v) is 2.72. The maximum absolute atomic E-state index is 10.1. The Hall–Kier alpha value is -2.36. The number of phenolic OH excluding ortho intramolecular Hbond substituents is 4. The van der Waals surface area contributed by atoms with E-state index in [4.69, 9.17) is 0 Å². The molecule has 0 spiro atoms. The Balaban J connectivity index is 2.74. The molecule has 2 aromatic carbocycles. The molecule has 4 N–H and O–H groups in total. The molecule has 0 amide bonds. The zero-order valence-electron chi connectivity index (χ0n) is 15.1. The summed E-state index contributed by atoms with van der Waals surface area (Å²) >= 11 is 0. The zero-order chi connectivity index (χ0) is 18.4. The largest absolute Gasteiger partial charge is 0.504 e. The van der Waals surface area contributed by atoms with Crippen molar-refractivity contribution >= 4 is 0 Å². The van der Waals surface area contributed by atoms with E-state index in [0.29, 0.717) is 22.3 Å². The van der Waals surface area contributed by atoms with Crippen LogP contribution in [0.15, 0.2) is 24.3 Å². The molecule has 0 saturated heterocycles. The summed E-state index contributed by atoms with van der Waals surface area (Å²) in [6.45, 7) is 11.7. The summed E-state index contributed by atoms with van der Waals surface area (Å²) in [6.07, 6.45) is 0. The summed E-state index contributed by atoms with van der Waals surface area (Å²) in [7, 11) is 0. The highest BCUT2D eigenvalue weighted by molar-refractivity contribution is 5.73. The van der Waals surface area contributed by atoms with Crippen molar-refractivity contribution in [3.63, 3.8) is 0 Å². The molecule has 0 atom stereocenters. The predicted molar refractivity (Wildman–Crippen MR) is 95.9 cm³/mol. The van der Waals surface area contributed by atoms with Gasteiger partial charge in [0.15, 0.2) is 23.0 Å². The van der Waals surface area contributed by atoms with Crippen LogP contribution >= 0.6 is 0 Å². The molecule has 0 heterocycles. The molecule has 4 heteroatoms. The maximum Gasteiger partial charge on any atom is 0.161 e. The predicted octanol–water partition coefficient (Wildman–Crippen LogP) is 4.77. The van der Waals surface area contributed by atoms with E-state index < -0.39 is 0 Å². The third kappa shape index (κ3) is 3.28. The first-order chi connectivity index (χ1) is 10.8. The van der Waals surface area contributed by atoms with Gasteiger partial charge in [-0.3, -0.25) is 0 Å². The van der Waals surface area contributed by atoms with Crippen molar-refractivity contribution in [3.05, 3.63) is 35.4 Å². The molecule has 130 valence electrons. The Labute approximate surface area is 143 Å². The Bertz CT molecular complexity index is 710. The van der Waals surface area contributed by atoms with Gasteiger partial charge in [0.2, 0.25) is 0 Å². The van der Waals surface area contributed by atoms with Gasteiger partial charge in [-0.2, -0.15) is 0 Å². The van der Waals surface area contributed by atoms with Crippen molar-refractivity contribution in [2.45, 2.75) is 52.4 Å². The minimum atomic E-state index is -0.358. The highest BCUT2D eigenvalue weighted by Gasteiger charge is 2.24. The summed E-state index contributed by atoms with van der Waals surface area (Å²) < 4.78 is 0. The van der Waals surface area contributed by atoms with Gasteiger partial charge in [-0.25, -0.2) is 0 Å². The Kier molecular flexibility index (Phi) is 4.21. The van der Waals surface area contributed by atoms with Crippen LogP contribution in [-0.4, -0.2) is 20.4 Å². The summed E-state index contributed by atoms with van der Waals surface area (Å²) in [5.74, 6) is -0.680. The van der Waals surface area contributed by atoms with Crippen LogP contribution in [0.4, 0.5) is 0 Å². The first kappa shape index (κ1) is 18.0. The first-order valence-electron chi connectivity index (χ1n) is 7.95. The summed E-state index contributed by atoms with van der Waals surface area (Å²) in [5.41, 5.74) is 1.84. The first-order valence-corrected chi connectivity index (χ1v) is 7.95. The van der Waals surface area contributed by atoms with Crippen LogP contribution in [0.1, 0.15) is 52.7 Å². The number of hydrogen-bond acceptors (Lipinski definition) is 4. The van der Waals surface area contributed by atoms with E-state index in [-0.39, 0.29) is 33.8 Å². The molecule has 0 aliphatic carbocycles. The fraction of sp³-hybridized carbons (Fsp3) is 0.400. The van der Waals surface area contributed by atoms with Gasteiger partial charge in [0.1, 0.15) is 0 Å². The number of rotatable bonds is 1. The van der Waals surface area contributed by atoms with Crippen LogP contribution in [0.5, 0.6) is 23.0 Å². The SMILES string of the molecule is CC(C)(C)c1cc(-c2cc(O)c(O)c(C(C)(C)C)c2)cc(O)c1O. The van der Waals surface area contributed by atoms with Crippen LogP contribution in [-0.2, 0) is 10.8 Å². The van der Waals surface area contributed by atoms with E-state index in [0.717, 1.165) is 0 Å². The molecule has 2 aromatic rings. The molecule has 0 radical (unpaired) electrons. The molecule has 0 unspecified atom stereocenters. The second-order valence-corrected chi connectivity index (χ2v) is 8.28. The third-order valence-electron chi connectivity index (χ3n) is 4.13.